The number of amides is 1. The van der Waals surface area contributed by atoms with Crippen molar-refractivity contribution in [3.63, 3.8) is 0 Å². The molecule has 1 saturated heterocycles. The number of nitrogens with zero attached hydrogens (tertiary/aromatic N) is 3. The minimum absolute atomic E-state index is 0.193. The van der Waals surface area contributed by atoms with Crippen LogP contribution in [0.15, 0.2) is 24.5 Å². The molecule has 0 saturated carbocycles. The standard InChI is InChI=1S/C20H22FN5O4S2/c1-11-16-19(23-10-24-20(16)31-17(11)18(22)27)25-14-6-5-12(21)8-15(14)30-13-4-3-7-26(9-13)32(2,28)29/h5-6,8,10,13H,3-4,7,9H2,1-2H3,(H2,22,27)(H,23,24,25). The quantitative estimate of drug-likeness (QED) is 0.556. The summed E-state index contributed by atoms with van der Waals surface area (Å²) in [6, 6.07) is 4.05. The van der Waals surface area contributed by atoms with Gasteiger partial charge in [-0.3, -0.25) is 4.79 Å². The van der Waals surface area contributed by atoms with E-state index in [2.05, 4.69) is 15.3 Å². The molecule has 3 aromatic rings. The first-order chi connectivity index (χ1) is 15.1. The molecule has 0 bridgehead atoms. The number of aryl methyl sites for hydroxylation is 1. The fourth-order valence-corrected chi connectivity index (χ4v) is 5.61. The predicted molar refractivity (Wildman–Crippen MR) is 120 cm³/mol. The van der Waals surface area contributed by atoms with Crippen molar-refractivity contribution < 1.29 is 22.3 Å². The number of hydrogen-bond donors (Lipinski definition) is 2. The SMILES string of the molecule is Cc1c(C(N)=O)sc2ncnc(Nc3ccc(F)cc3OC3CCCN(S(C)(=O)=O)C3)c12. The highest BCUT2D eigenvalue weighted by Crippen LogP contribution is 2.36. The van der Waals surface area contributed by atoms with Crippen LogP contribution in [0.5, 0.6) is 5.75 Å². The average molecular weight is 480 g/mol. The van der Waals surface area contributed by atoms with E-state index in [1.807, 2.05) is 0 Å². The van der Waals surface area contributed by atoms with Gasteiger partial charge in [0.15, 0.2) is 0 Å². The lowest BCUT2D eigenvalue weighted by Crippen LogP contribution is -2.43. The van der Waals surface area contributed by atoms with Gasteiger partial charge in [0.2, 0.25) is 10.0 Å². The first-order valence-corrected chi connectivity index (χ1v) is 12.5. The maximum atomic E-state index is 14.0. The van der Waals surface area contributed by atoms with E-state index >= 15 is 0 Å². The van der Waals surface area contributed by atoms with E-state index in [4.69, 9.17) is 10.5 Å². The third kappa shape index (κ3) is 4.52. The van der Waals surface area contributed by atoms with Gasteiger partial charge in [-0.05, 0) is 37.5 Å². The minimum Gasteiger partial charge on any atom is -0.487 e. The fraction of sp³-hybridized carbons (Fsp3) is 0.350. The molecule has 9 nitrogen and oxygen atoms in total. The van der Waals surface area contributed by atoms with Gasteiger partial charge >= 0.3 is 0 Å². The number of carbonyl (C=O) groups is 1. The number of benzene rings is 1. The number of nitrogens with two attached hydrogens (primary N) is 1. The first-order valence-electron chi connectivity index (χ1n) is 9.85. The lowest BCUT2D eigenvalue weighted by atomic mass is 10.1. The van der Waals surface area contributed by atoms with Crippen molar-refractivity contribution in [1.82, 2.24) is 14.3 Å². The third-order valence-corrected chi connectivity index (χ3v) is 7.73. The molecule has 1 atom stereocenters. The van der Waals surface area contributed by atoms with E-state index in [0.717, 1.165) is 6.26 Å². The fourth-order valence-electron chi connectivity index (χ4n) is 3.71. The summed E-state index contributed by atoms with van der Waals surface area (Å²) in [7, 11) is -3.34. The van der Waals surface area contributed by atoms with Crippen LogP contribution in [0.1, 0.15) is 28.1 Å². The Labute approximate surface area is 188 Å². The monoisotopic (exact) mass is 479 g/mol. The molecule has 1 amide bonds. The largest absolute Gasteiger partial charge is 0.487 e. The molecule has 1 aliphatic rings. The number of piperidine rings is 1. The predicted octanol–water partition coefficient (Wildman–Crippen LogP) is 2.78. The number of carbonyl (C=O) groups excluding carboxylic acids is 1. The number of ether oxygens (including phenoxy) is 1. The Kier molecular flexibility index (Phi) is 6.01. The van der Waals surface area contributed by atoms with Crippen LogP contribution in [-0.4, -0.2) is 54.0 Å². The summed E-state index contributed by atoms with van der Waals surface area (Å²) in [6.45, 7) is 2.39. The molecule has 0 spiro atoms. The summed E-state index contributed by atoms with van der Waals surface area (Å²) in [6.07, 6.45) is 3.39. The Morgan fingerprint density at radius 3 is 2.88 bits per heavy atom. The summed E-state index contributed by atoms with van der Waals surface area (Å²) in [4.78, 5) is 21.2. The van der Waals surface area contributed by atoms with Crippen LogP contribution < -0.4 is 15.8 Å². The zero-order chi connectivity index (χ0) is 23.0. The number of thiophene rings is 1. The van der Waals surface area contributed by atoms with E-state index in [9.17, 15) is 17.6 Å². The highest BCUT2D eigenvalue weighted by molar-refractivity contribution is 7.88. The van der Waals surface area contributed by atoms with Gasteiger partial charge in [0.1, 0.15) is 34.6 Å². The number of nitrogens with one attached hydrogen (secondary N) is 1. The molecule has 1 aliphatic heterocycles. The number of fused-ring (bicyclic) bond motifs is 1. The highest BCUT2D eigenvalue weighted by Gasteiger charge is 2.28. The third-order valence-electron chi connectivity index (χ3n) is 5.25. The van der Waals surface area contributed by atoms with Crippen molar-refractivity contribution in [2.24, 2.45) is 5.73 Å². The summed E-state index contributed by atoms with van der Waals surface area (Å²) in [5.74, 6) is -0.374. The Morgan fingerprint density at radius 2 is 2.16 bits per heavy atom. The molecule has 1 fully saturated rings. The normalized spacial score (nSPS) is 17.4. The van der Waals surface area contributed by atoms with Gasteiger partial charge in [0.25, 0.3) is 5.91 Å². The molecule has 3 N–H and O–H groups in total. The van der Waals surface area contributed by atoms with E-state index < -0.39 is 27.9 Å². The summed E-state index contributed by atoms with van der Waals surface area (Å²) in [5.41, 5.74) is 6.57. The number of primary amides is 1. The Balaban J connectivity index is 1.66. The van der Waals surface area contributed by atoms with Crippen LogP contribution >= 0.6 is 11.3 Å². The Bertz CT molecular complexity index is 1290. The molecule has 1 aromatic carbocycles. The van der Waals surface area contributed by atoms with Crippen molar-refractivity contribution in [1.29, 1.82) is 0 Å². The molecule has 1 unspecified atom stereocenters. The number of anilines is 2. The molecule has 12 heteroatoms. The van der Waals surface area contributed by atoms with Crippen molar-refractivity contribution in [2.45, 2.75) is 25.9 Å². The second kappa shape index (κ2) is 8.60. The number of rotatable bonds is 6. The van der Waals surface area contributed by atoms with Gasteiger partial charge in [0, 0.05) is 12.6 Å². The summed E-state index contributed by atoms with van der Waals surface area (Å²) in [5, 5.41) is 3.79. The number of aromatic nitrogens is 2. The van der Waals surface area contributed by atoms with Gasteiger partial charge in [-0.25, -0.2) is 22.8 Å². The van der Waals surface area contributed by atoms with Gasteiger partial charge < -0.3 is 15.8 Å². The van der Waals surface area contributed by atoms with E-state index in [1.165, 1.54) is 40.2 Å². The lowest BCUT2D eigenvalue weighted by Gasteiger charge is -2.31. The lowest BCUT2D eigenvalue weighted by molar-refractivity contribution is 0.100. The molecule has 3 heterocycles. The van der Waals surface area contributed by atoms with Gasteiger partial charge in [-0.2, -0.15) is 4.31 Å². The molecule has 4 rings (SSSR count). The Morgan fingerprint density at radius 1 is 1.38 bits per heavy atom. The zero-order valence-corrected chi connectivity index (χ0v) is 19.1. The average Bonchev–Trinajstić information content (AvgIpc) is 3.07. The first kappa shape index (κ1) is 22.4. The second-order valence-electron chi connectivity index (χ2n) is 7.59. The molecule has 0 aliphatic carbocycles. The molecule has 32 heavy (non-hydrogen) atoms. The van der Waals surface area contributed by atoms with Crippen LogP contribution in [0.4, 0.5) is 15.9 Å². The molecular weight excluding hydrogens is 457 g/mol. The molecule has 2 aromatic heterocycles. The zero-order valence-electron chi connectivity index (χ0n) is 17.5. The van der Waals surface area contributed by atoms with Crippen molar-refractivity contribution in [2.75, 3.05) is 24.7 Å². The van der Waals surface area contributed by atoms with Crippen molar-refractivity contribution in [3.8, 4) is 5.75 Å². The van der Waals surface area contributed by atoms with Gasteiger partial charge in [0.05, 0.1) is 28.8 Å². The second-order valence-corrected chi connectivity index (χ2v) is 10.6. The van der Waals surface area contributed by atoms with Crippen LogP contribution in [0.2, 0.25) is 0 Å². The number of halogens is 1. The van der Waals surface area contributed by atoms with Crippen molar-refractivity contribution >= 4 is 49.0 Å². The number of sulfonamides is 1. The van der Waals surface area contributed by atoms with Crippen molar-refractivity contribution in [3.05, 3.63) is 40.8 Å². The van der Waals surface area contributed by atoms with Crippen LogP contribution in [0.25, 0.3) is 10.2 Å². The summed E-state index contributed by atoms with van der Waals surface area (Å²) >= 11 is 1.18. The number of hydrogen-bond acceptors (Lipinski definition) is 8. The maximum Gasteiger partial charge on any atom is 0.259 e. The molecule has 170 valence electrons. The Hall–Kier alpha value is -2.83. The van der Waals surface area contributed by atoms with Crippen LogP contribution in [0.3, 0.4) is 0 Å². The van der Waals surface area contributed by atoms with E-state index in [1.54, 1.807) is 6.92 Å². The van der Waals surface area contributed by atoms with Gasteiger partial charge in [-0.1, -0.05) is 0 Å². The van der Waals surface area contributed by atoms with Gasteiger partial charge in [-0.15, -0.1) is 11.3 Å². The maximum absolute atomic E-state index is 14.0. The molecule has 0 radical (unpaired) electrons. The van der Waals surface area contributed by atoms with E-state index in [-0.39, 0.29) is 12.3 Å². The topological polar surface area (TPSA) is 128 Å². The summed E-state index contributed by atoms with van der Waals surface area (Å²) < 4.78 is 45.2. The minimum atomic E-state index is -3.34. The van der Waals surface area contributed by atoms with Crippen LogP contribution in [-0.2, 0) is 10.0 Å². The smallest absolute Gasteiger partial charge is 0.259 e. The molecular formula is C20H22FN5O4S2. The van der Waals surface area contributed by atoms with Crippen LogP contribution in [0, 0.1) is 12.7 Å². The van der Waals surface area contributed by atoms with E-state index in [0.29, 0.717) is 51.5 Å². The highest BCUT2D eigenvalue weighted by atomic mass is 32.2.